The monoisotopic (exact) mass is 493 g/mol. The van der Waals surface area contributed by atoms with Gasteiger partial charge in [-0.3, -0.25) is 18.7 Å². The summed E-state index contributed by atoms with van der Waals surface area (Å²) in [7, 11) is 0. The third-order valence-electron chi connectivity index (χ3n) is 4.84. The number of hydrogen-bond acceptors (Lipinski definition) is 4. The first-order chi connectivity index (χ1) is 15.5. The van der Waals surface area contributed by atoms with Crippen LogP contribution in [0.5, 0.6) is 0 Å². The van der Waals surface area contributed by atoms with Crippen LogP contribution in [0.25, 0.3) is 0 Å². The third-order valence-corrected chi connectivity index (χ3v) is 5.34. The van der Waals surface area contributed by atoms with Crippen LogP contribution in [0.1, 0.15) is 11.1 Å². The van der Waals surface area contributed by atoms with Crippen molar-refractivity contribution in [2.45, 2.75) is 19.6 Å². The second kappa shape index (κ2) is 9.61. The normalized spacial score (nSPS) is 10.8. The summed E-state index contributed by atoms with van der Waals surface area (Å²) < 4.78 is 4.92. The number of rotatable bonds is 7. The van der Waals surface area contributed by atoms with E-state index in [2.05, 4.69) is 26.3 Å². The van der Waals surface area contributed by atoms with Gasteiger partial charge in [-0.25, -0.2) is 9.48 Å². The highest BCUT2D eigenvalue weighted by atomic mass is 79.9. The Bertz CT molecular complexity index is 1360. The van der Waals surface area contributed by atoms with Crippen molar-refractivity contribution in [2.24, 2.45) is 0 Å². The molecule has 0 bridgehead atoms. The molecule has 4 aromatic rings. The zero-order chi connectivity index (χ0) is 22.5. The minimum Gasteiger partial charge on any atom is -0.309 e. The topological polar surface area (TPSA) is 90.9 Å². The Morgan fingerprint density at radius 2 is 1.72 bits per heavy atom. The number of nitrogens with one attached hydrogen (secondary N) is 1. The molecule has 2 heterocycles. The van der Waals surface area contributed by atoms with E-state index in [1.165, 1.54) is 16.8 Å². The molecule has 4 rings (SSSR count). The summed E-state index contributed by atoms with van der Waals surface area (Å²) in [5.41, 5.74) is 0.846. The molecule has 0 spiro atoms. The van der Waals surface area contributed by atoms with Crippen LogP contribution >= 0.6 is 15.9 Å². The fraction of sp³-hybridized carbons (Fsp3) is 0.130. The third kappa shape index (κ3) is 5.12. The van der Waals surface area contributed by atoms with Crippen molar-refractivity contribution < 1.29 is 4.79 Å². The molecule has 0 saturated carbocycles. The molecule has 0 fully saturated rings. The van der Waals surface area contributed by atoms with Crippen molar-refractivity contribution in [1.29, 1.82) is 0 Å². The Kier molecular flexibility index (Phi) is 6.46. The second-order valence-corrected chi connectivity index (χ2v) is 8.10. The first-order valence-electron chi connectivity index (χ1n) is 9.90. The van der Waals surface area contributed by atoms with Gasteiger partial charge in [0.1, 0.15) is 12.4 Å². The summed E-state index contributed by atoms with van der Waals surface area (Å²) in [5.74, 6) is -0.0128. The van der Waals surface area contributed by atoms with E-state index in [-0.39, 0.29) is 0 Å². The zero-order valence-corrected chi connectivity index (χ0v) is 18.6. The van der Waals surface area contributed by atoms with E-state index >= 15 is 0 Å². The number of halogens is 1. The largest absolute Gasteiger partial charge is 0.331 e. The number of aromatic nitrogens is 4. The summed E-state index contributed by atoms with van der Waals surface area (Å²) in [6.45, 7) is 0.369. The highest BCUT2D eigenvalue weighted by molar-refractivity contribution is 9.10. The van der Waals surface area contributed by atoms with Crippen LogP contribution in [0.2, 0.25) is 0 Å². The van der Waals surface area contributed by atoms with Gasteiger partial charge in [0.2, 0.25) is 5.91 Å². The maximum atomic E-state index is 12.8. The predicted octanol–water partition coefficient (Wildman–Crippen LogP) is 2.70. The van der Waals surface area contributed by atoms with Gasteiger partial charge in [0.05, 0.1) is 19.3 Å². The second-order valence-electron chi connectivity index (χ2n) is 7.19. The smallest absolute Gasteiger partial charge is 0.309 e. The van der Waals surface area contributed by atoms with E-state index in [9.17, 15) is 14.4 Å². The molecule has 0 atom stereocenters. The lowest BCUT2D eigenvalue weighted by atomic mass is 10.2. The lowest BCUT2D eigenvalue weighted by Crippen LogP contribution is -2.42. The van der Waals surface area contributed by atoms with Gasteiger partial charge in [-0.2, -0.15) is 5.10 Å². The average molecular weight is 494 g/mol. The Morgan fingerprint density at radius 1 is 0.938 bits per heavy atom. The molecule has 162 valence electrons. The molecule has 2 aromatic carbocycles. The molecule has 0 unspecified atom stereocenters. The molecule has 32 heavy (non-hydrogen) atoms. The summed E-state index contributed by atoms with van der Waals surface area (Å²) in [6.07, 6.45) is 3.02. The molecule has 0 aliphatic heterocycles. The van der Waals surface area contributed by atoms with Gasteiger partial charge in [-0.15, -0.1) is 0 Å². The van der Waals surface area contributed by atoms with Crippen LogP contribution in [0.3, 0.4) is 0 Å². The minimum atomic E-state index is -0.542. The van der Waals surface area contributed by atoms with Crippen molar-refractivity contribution in [2.75, 3.05) is 5.32 Å². The van der Waals surface area contributed by atoms with Crippen molar-refractivity contribution >= 4 is 27.7 Å². The van der Waals surface area contributed by atoms with E-state index in [1.807, 2.05) is 54.6 Å². The quantitative estimate of drug-likeness (QED) is 0.428. The molecular weight excluding hydrogens is 474 g/mol. The van der Waals surface area contributed by atoms with Crippen LogP contribution in [-0.4, -0.2) is 24.8 Å². The van der Waals surface area contributed by atoms with Gasteiger partial charge in [-0.05, 0) is 23.3 Å². The number of nitrogens with zero attached hydrogens (tertiary/aromatic N) is 4. The lowest BCUT2D eigenvalue weighted by Gasteiger charge is -2.12. The van der Waals surface area contributed by atoms with E-state index in [4.69, 9.17) is 0 Å². The van der Waals surface area contributed by atoms with E-state index in [1.54, 1.807) is 16.9 Å². The number of hydrogen-bond donors (Lipinski definition) is 1. The molecule has 1 N–H and O–H groups in total. The maximum absolute atomic E-state index is 12.8. The van der Waals surface area contributed by atoms with Crippen LogP contribution in [0.15, 0.2) is 93.2 Å². The predicted molar refractivity (Wildman–Crippen MR) is 125 cm³/mol. The highest BCUT2D eigenvalue weighted by Gasteiger charge is 2.13. The molecule has 9 heteroatoms. The summed E-state index contributed by atoms with van der Waals surface area (Å²) in [4.78, 5) is 37.7. The first kappa shape index (κ1) is 21.5. The molecule has 2 aromatic heterocycles. The SMILES string of the molecule is O=C(Cn1c(=O)ccn(Cc2ccccc2)c1=O)Nc1ccnn1Cc1cccc(Br)c1. The Labute approximate surface area is 191 Å². The first-order valence-corrected chi connectivity index (χ1v) is 10.7. The molecular formula is C23H20BrN5O3. The van der Waals surface area contributed by atoms with Crippen LogP contribution in [0, 0.1) is 0 Å². The van der Waals surface area contributed by atoms with E-state index in [0.717, 1.165) is 20.2 Å². The Morgan fingerprint density at radius 3 is 2.50 bits per heavy atom. The van der Waals surface area contributed by atoms with Gasteiger partial charge in [0.25, 0.3) is 5.56 Å². The Hall–Kier alpha value is -3.72. The van der Waals surface area contributed by atoms with Crippen molar-refractivity contribution in [1.82, 2.24) is 18.9 Å². The van der Waals surface area contributed by atoms with Gasteiger partial charge >= 0.3 is 5.69 Å². The van der Waals surface area contributed by atoms with Gasteiger partial charge in [-0.1, -0.05) is 58.4 Å². The molecule has 0 aliphatic carbocycles. The van der Waals surface area contributed by atoms with Gasteiger partial charge < -0.3 is 5.32 Å². The summed E-state index contributed by atoms with van der Waals surface area (Å²) in [5, 5.41) is 6.99. The number of anilines is 1. The molecule has 0 radical (unpaired) electrons. The molecule has 0 aliphatic rings. The zero-order valence-electron chi connectivity index (χ0n) is 17.0. The number of carbonyl (C=O) groups is 1. The van der Waals surface area contributed by atoms with E-state index in [0.29, 0.717) is 18.9 Å². The van der Waals surface area contributed by atoms with Gasteiger partial charge in [0, 0.05) is 22.8 Å². The van der Waals surface area contributed by atoms with Crippen LogP contribution < -0.4 is 16.6 Å². The van der Waals surface area contributed by atoms with Crippen molar-refractivity contribution in [3.05, 3.63) is 116 Å². The standard InChI is InChI=1S/C23H20BrN5O3/c24-19-8-4-7-18(13-19)15-29-20(9-11-25-29)26-21(30)16-28-22(31)10-12-27(23(28)32)14-17-5-2-1-3-6-17/h1-13H,14-16H2,(H,26,30). The summed E-state index contributed by atoms with van der Waals surface area (Å²) in [6, 6.07) is 20.1. The fourth-order valence-electron chi connectivity index (χ4n) is 3.30. The molecule has 8 nitrogen and oxygen atoms in total. The molecule has 1 amide bonds. The van der Waals surface area contributed by atoms with Crippen molar-refractivity contribution in [3.8, 4) is 0 Å². The fourth-order valence-corrected chi connectivity index (χ4v) is 3.75. The molecule has 0 saturated heterocycles. The highest BCUT2D eigenvalue weighted by Crippen LogP contribution is 2.15. The minimum absolute atomic E-state index is 0.307. The number of benzene rings is 2. The average Bonchev–Trinajstić information content (AvgIpc) is 3.20. The Balaban J connectivity index is 1.49. The number of carbonyl (C=O) groups excluding carboxylic acids is 1. The van der Waals surface area contributed by atoms with Crippen LogP contribution in [0.4, 0.5) is 5.82 Å². The number of amides is 1. The van der Waals surface area contributed by atoms with Crippen molar-refractivity contribution in [3.63, 3.8) is 0 Å². The lowest BCUT2D eigenvalue weighted by molar-refractivity contribution is -0.116. The van der Waals surface area contributed by atoms with E-state index < -0.39 is 23.7 Å². The van der Waals surface area contributed by atoms with Crippen LogP contribution in [-0.2, 0) is 24.4 Å². The maximum Gasteiger partial charge on any atom is 0.331 e. The van der Waals surface area contributed by atoms with Gasteiger partial charge in [0.15, 0.2) is 0 Å². The summed E-state index contributed by atoms with van der Waals surface area (Å²) >= 11 is 3.44.